The molecule has 0 aliphatic heterocycles. The zero-order valence-electron chi connectivity index (χ0n) is 12.1. The van der Waals surface area contributed by atoms with Gasteiger partial charge in [0.1, 0.15) is 0 Å². The Morgan fingerprint density at radius 2 is 1.67 bits per heavy atom. The molecule has 1 N–H and O–H groups in total. The van der Waals surface area contributed by atoms with Crippen molar-refractivity contribution >= 4 is 5.97 Å². The molecule has 1 aromatic rings. The molecule has 0 spiro atoms. The molecule has 3 heteroatoms. The van der Waals surface area contributed by atoms with Crippen molar-refractivity contribution in [2.45, 2.75) is 59.8 Å². The Kier molecular flexibility index (Phi) is 5.96. The van der Waals surface area contributed by atoms with E-state index in [-0.39, 0.29) is 5.97 Å². The van der Waals surface area contributed by atoms with Gasteiger partial charge < -0.3 is 9.72 Å². The van der Waals surface area contributed by atoms with Crippen molar-refractivity contribution in [2.24, 2.45) is 0 Å². The van der Waals surface area contributed by atoms with Crippen LogP contribution in [0.15, 0.2) is 0 Å². The summed E-state index contributed by atoms with van der Waals surface area (Å²) in [5.74, 6) is -0.170. The summed E-state index contributed by atoms with van der Waals surface area (Å²) in [5.41, 5.74) is 4.21. The highest BCUT2D eigenvalue weighted by atomic mass is 16.5. The van der Waals surface area contributed by atoms with Gasteiger partial charge in [0.05, 0.1) is 12.2 Å². The van der Waals surface area contributed by atoms with E-state index in [2.05, 4.69) is 25.8 Å². The van der Waals surface area contributed by atoms with Crippen LogP contribution in [0.3, 0.4) is 0 Å². The molecule has 3 nitrogen and oxygen atoms in total. The van der Waals surface area contributed by atoms with Gasteiger partial charge in [-0.15, -0.1) is 0 Å². The van der Waals surface area contributed by atoms with Gasteiger partial charge >= 0.3 is 5.97 Å². The number of H-pyrrole nitrogens is 1. The SMILES string of the molecule is CCCc1[nH]c(CCC)c(C(=O)OCC)c1CC. The molecule has 0 aromatic carbocycles. The molecule has 0 bridgehead atoms. The number of carbonyl (C=O) groups is 1. The zero-order valence-corrected chi connectivity index (χ0v) is 12.1. The lowest BCUT2D eigenvalue weighted by Gasteiger charge is -2.06. The number of esters is 1. The van der Waals surface area contributed by atoms with Crippen LogP contribution in [-0.2, 0) is 24.0 Å². The fourth-order valence-electron chi connectivity index (χ4n) is 2.39. The first kappa shape index (κ1) is 14.8. The van der Waals surface area contributed by atoms with E-state index in [1.807, 2.05) is 6.92 Å². The third-order valence-electron chi connectivity index (χ3n) is 3.10. The van der Waals surface area contributed by atoms with E-state index in [0.717, 1.165) is 48.9 Å². The summed E-state index contributed by atoms with van der Waals surface area (Å²) < 4.78 is 5.19. The predicted molar refractivity (Wildman–Crippen MR) is 74.1 cm³/mol. The average Bonchev–Trinajstić information content (AvgIpc) is 2.68. The number of carbonyl (C=O) groups excluding carboxylic acids is 1. The third-order valence-corrected chi connectivity index (χ3v) is 3.10. The highest BCUT2D eigenvalue weighted by Gasteiger charge is 2.21. The van der Waals surface area contributed by atoms with Crippen molar-refractivity contribution in [1.82, 2.24) is 4.98 Å². The number of aromatic nitrogens is 1. The quantitative estimate of drug-likeness (QED) is 0.751. The summed E-state index contributed by atoms with van der Waals surface area (Å²) in [4.78, 5) is 15.5. The van der Waals surface area contributed by atoms with Crippen LogP contribution in [0.2, 0.25) is 0 Å². The number of aryl methyl sites for hydroxylation is 2. The van der Waals surface area contributed by atoms with Crippen LogP contribution in [0, 0.1) is 0 Å². The number of hydrogen-bond acceptors (Lipinski definition) is 2. The standard InChI is InChI=1S/C15H25NO2/c1-5-9-12-11(7-3)14(15(17)18-8-4)13(16-12)10-6-2/h16H,5-10H2,1-4H3. The predicted octanol–water partition coefficient (Wildman–Crippen LogP) is 3.66. The Hall–Kier alpha value is -1.25. The van der Waals surface area contributed by atoms with Gasteiger partial charge in [-0.05, 0) is 31.7 Å². The van der Waals surface area contributed by atoms with Crippen molar-refractivity contribution in [3.05, 3.63) is 22.5 Å². The van der Waals surface area contributed by atoms with Gasteiger partial charge in [-0.25, -0.2) is 4.79 Å². The molecular formula is C15H25NO2. The smallest absolute Gasteiger partial charge is 0.340 e. The fourth-order valence-corrected chi connectivity index (χ4v) is 2.39. The molecular weight excluding hydrogens is 226 g/mol. The minimum atomic E-state index is -0.170. The van der Waals surface area contributed by atoms with Crippen LogP contribution in [0.4, 0.5) is 0 Å². The van der Waals surface area contributed by atoms with Crippen molar-refractivity contribution in [1.29, 1.82) is 0 Å². The molecule has 102 valence electrons. The number of aromatic amines is 1. The van der Waals surface area contributed by atoms with Crippen LogP contribution < -0.4 is 0 Å². The normalized spacial score (nSPS) is 10.7. The first-order valence-corrected chi connectivity index (χ1v) is 7.09. The van der Waals surface area contributed by atoms with E-state index in [0.29, 0.717) is 6.61 Å². The second-order valence-electron chi connectivity index (χ2n) is 4.51. The molecule has 0 amide bonds. The lowest BCUT2D eigenvalue weighted by Crippen LogP contribution is -2.09. The first-order chi connectivity index (χ1) is 8.69. The molecule has 18 heavy (non-hydrogen) atoms. The second-order valence-corrected chi connectivity index (χ2v) is 4.51. The molecule has 0 unspecified atom stereocenters. The Balaban J connectivity index is 3.19. The van der Waals surface area contributed by atoms with Gasteiger partial charge in [-0.2, -0.15) is 0 Å². The van der Waals surface area contributed by atoms with E-state index in [1.165, 1.54) is 5.69 Å². The molecule has 0 aliphatic rings. The molecule has 0 radical (unpaired) electrons. The molecule has 1 heterocycles. The van der Waals surface area contributed by atoms with E-state index in [9.17, 15) is 4.79 Å². The lowest BCUT2D eigenvalue weighted by molar-refractivity contribution is 0.0524. The Morgan fingerprint density at radius 1 is 1.06 bits per heavy atom. The number of ether oxygens (including phenoxy) is 1. The van der Waals surface area contributed by atoms with E-state index in [1.54, 1.807) is 0 Å². The van der Waals surface area contributed by atoms with Gasteiger partial charge in [0.25, 0.3) is 0 Å². The molecule has 0 fully saturated rings. The van der Waals surface area contributed by atoms with Gasteiger partial charge in [0.15, 0.2) is 0 Å². The number of hydrogen-bond donors (Lipinski definition) is 1. The molecule has 0 saturated carbocycles. The van der Waals surface area contributed by atoms with E-state index in [4.69, 9.17) is 4.74 Å². The summed E-state index contributed by atoms with van der Waals surface area (Å²) in [6.45, 7) is 8.66. The van der Waals surface area contributed by atoms with E-state index >= 15 is 0 Å². The third kappa shape index (κ3) is 3.15. The van der Waals surface area contributed by atoms with Crippen LogP contribution in [0.25, 0.3) is 0 Å². The lowest BCUT2D eigenvalue weighted by atomic mass is 10.0. The maximum Gasteiger partial charge on any atom is 0.340 e. The fraction of sp³-hybridized carbons (Fsp3) is 0.667. The summed E-state index contributed by atoms with van der Waals surface area (Å²) in [5, 5.41) is 0. The van der Waals surface area contributed by atoms with Crippen LogP contribution in [0.1, 0.15) is 67.8 Å². The largest absolute Gasteiger partial charge is 0.462 e. The van der Waals surface area contributed by atoms with Crippen molar-refractivity contribution in [3.63, 3.8) is 0 Å². The van der Waals surface area contributed by atoms with Gasteiger partial charge in [-0.1, -0.05) is 33.6 Å². The molecule has 0 atom stereocenters. The van der Waals surface area contributed by atoms with E-state index < -0.39 is 0 Å². The highest BCUT2D eigenvalue weighted by molar-refractivity contribution is 5.93. The maximum atomic E-state index is 12.1. The zero-order chi connectivity index (χ0) is 13.5. The highest BCUT2D eigenvalue weighted by Crippen LogP contribution is 2.23. The minimum absolute atomic E-state index is 0.170. The van der Waals surface area contributed by atoms with Gasteiger partial charge in [-0.3, -0.25) is 0 Å². The topological polar surface area (TPSA) is 42.1 Å². The molecule has 0 aliphatic carbocycles. The summed E-state index contributed by atoms with van der Waals surface area (Å²) in [7, 11) is 0. The summed E-state index contributed by atoms with van der Waals surface area (Å²) in [6, 6.07) is 0. The van der Waals surface area contributed by atoms with Gasteiger partial charge in [0, 0.05) is 11.4 Å². The maximum absolute atomic E-state index is 12.1. The van der Waals surface area contributed by atoms with Gasteiger partial charge in [0.2, 0.25) is 0 Å². The number of nitrogens with one attached hydrogen (secondary N) is 1. The van der Waals surface area contributed by atoms with Crippen LogP contribution in [0.5, 0.6) is 0 Å². The molecule has 0 saturated heterocycles. The summed E-state index contributed by atoms with van der Waals surface area (Å²) >= 11 is 0. The summed E-state index contributed by atoms with van der Waals surface area (Å²) in [6.07, 6.45) is 4.90. The minimum Gasteiger partial charge on any atom is -0.462 e. The number of rotatable bonds is 7. The van der Waals surface area contributed by atoms with Crippen molar-refractivity contribution in [2.75, 3.05) is 6.61 Å². The molecule has 1 aromatic heterocycles. The molecule has 1 rings (SSSR count). The van der Waals surface area contributed by atoms with Crippen LogP contribution in [-0.4, -0.2) is 17.6 Å². The Labute approximate surface area is 110 Å². The van der Waals surface area contributed by atoms with Crippen molar-refractivity contribution in [3.8, 4) is 0 Å². The first-order valence-electron chi connectivity index (χ1n) is 7.09. The second kappa shape index (κ2) is 7.24. The average molecular weight is 251 g/mol. The monoisotopic (exact) mass is 251 g/mol. The Bertz CT molecular complexity index is 393. The van der Waals surface area contributed by atoms with Crippen LogP contribution >= 0.6 is 0 Å². The van der Waals surface area contributed by atoms with Crippen molar-refractivity contribution < 1.29 is 9.53 Å². The Morgan fingerprint density at radius 3 is 2.17 bits per heavy atom.